The first-order valence-electron chi connectivity index (χ1n) is 7.04. The molecule has 0 aliphatic rings. The maximum Gasteiger partial charge on any atom is 0.226 e. The van der Waals surface area contributed by atoms with E-state index in [0.29, 0.717) is 0 Å². The van der Waals surface area contributed by atoms with Gasteiger partial charge in [-0.05, 0) is 35.7 Å². The Bertz CT molecular complexity index is 751. The molecule has 2 aromatic heterocycles. The van der Waals surface area contributed by atoms with E-state index in [0.717, 1.165) is 17.0 Å². The minimum Gasteiger partial charge on any atom is -0.346 e. The van der Waals surface area contributed by atoms with Gasteiger partial charge >= 0.3 is 0 Å². The van der Waals surface area contributed by atoms with Gasteiger partial charge in [0.05, 0.1) is 18.2 Å². The summed E-state index contributed by atoms with van der Waals surface area (Å²) in [6, 6.07) is 10.6. The van der Waals surface area contributed by atoms with E-state index in [2.05, 4.69) is 5.32 Å². The van der Waals surface area contributed by atoms with Gasteiger partial charge in [0, 0.05) is 23.3 Å². The summed E-state index contributed by atoms with van der Waals surface area (Å²) in [6.07, 6.45) is 3.93. The van der Waals surface area contributed by atoms with Gasteiger partial charge in [0.1, 0.15) is 11.6 Å². The zero-order valence-corrected chi connectivity index (χ0v) is 12.9. The summed E-state index contributed by atoms with van der Waals surface area (Å²) in [5.74, 6) is -1.79. The van der Waals surface area contributed by atoms with Crippen LogP contribution in [0.3, 0.4) is 0 Å². The van der Waals surface area contributed by atoms with Gasteiger partial charge in [-0.25, -0.2) is 8.78 Å². The second-order valence-electron chi connectivity index (χ2n) is 5.04. The molecular formula is C17H14F2N2OS. The Morgan fingerprint density at radius 3 is 2.61 bits per heavy atom. The lowest BCUT2D eigenvalue weighted by molar-refractivity contribution is -0.116. The van der Waals surface area contributed by atoms with Gasteiger partial charge in [0.25, 0.3) is 0 Å². The van der Waals surface area contributed by atoms with Crippen LogP contribution in [0.15, 0.2) is 60.2 Å². The van der Waals surface area contributed by atoms with Crippen LogP contribution in [0.4, 0.5) is 14.5 Å². The summed E-state index contributed by atoms with van der Waals surface area (Å²) < 4.78 is 28.5. The zero-order valence-electron chi connectivity index (χ0n) is 12.1. The Morgan fingerprint density at radius 2 is 1.96 bits per heavy atom. The highest BCUT2D eigenvalue weighted by Crippen LogP contribution is 2.27. The number of hydrogen-bond donors (Lipinski definition) is 1. The maximum atomic E-state index is 13.6. The van der Waals surface area contributed by atoms with Crippen molar-refractivity contribution in [1.82, 2.24) is 4.57 Å². The summed E-state index contributed by atoms with van der Waals surface area (Å²) in [5, 5.41) is 4.45. The average molecular weight is 332 g/mol. The van der Waals surface area contributed by atoms with E-state index in [1.54, 1.807) is 11.3 Å². The Kier molecular flexibility index (Phi) is 4.52. The Labute approximate surface area is 136 Å². The van der Waals surface area contributed by atoms with Gasteiger partial charge in [-0.2, -0.15) is 0 Å². The minimum atomic E-state index is -0.785. The molecule has 1 atom stereocenters. The third kappa shape index (κ3) is 3.65. The number of nitrogens with one attached hydrogen (secondary N) is 1. The van der Waals surface area contributed by atoms with Crippen molar-refractivity contribution in [3.05, 3.63) is 76.7 Å². The predicted molar refractivity (Wildman–Crippen MR) is 86.5 cm³/mol. The standard InChI is InChI=1S/C17H14F2N2OS/c18-12-5-6-14(13(19)10-12)20-17(22)11-15(16-4-3-9-23-16)21-7-1-2-8-21/h1-10,15H,11H2,(H,20,22). The van der Waals surface area contributed by atoms with E-state index in [1.807, 2.05) is 46.6 Å². The van der Waals surface area contributed by atoms with Crippen LogP contribution < -0.4 is 5.32 Å². The summed E-state index contributed by atoms with van der Waals surface area (Å²) >= 11 is 1.56. The number of nitrogens with zero attached hydrogens (tertiary/aromatic N) is 1. The fraction of sp³-hybridized carbons (Fsp3) is 0.118. The number of amides is 1. The van der Waals surface area contributed by atoms with Gasteiger partial charge < -0.3 is 9.88 Å². The van der Waals surface area contributed by atoms with Crippen molar-refractivity contribution in [2.24, 2.45) is 0 Å². The SMILES string of the molecule is O=C(CC(c1cccs1)n1cccc1)Nc1ccc(F)cc1F. The largest absolute Gasteiger partial charge is 0.346 e. The fourth-order valence-corrected chi connectivity index (χ4v) is 3.19. The number of hydrogen-bond acceptors (Lipinski definition) is 2. The Hall–Kier alpha value is -2.47. The second kappa shape index (κ2) is 6.75. The quantitative estimate of drug-likeness (QED) is 0.736. The number of anilines is 1. The molecule has 3 rings (SSSR count). The molecule has 1 aromatic carbocycles. The second-order valence-corrected chi connectivity index (χ2v) is 6.02. The highest BCUT2D eigenvalue weighted by atomic mass is 32.1. The monoisotopic (exact) mass is 332 g/mol. The summed E-state index contributed by atoms with van der Waals surface area (Å²) in [4.78, 5) is 13.3. The molecule has 1 unspecified atom stereocenters. The third-order valence-corrected chi connectivity index (χ3v) is 4.42. The lowest BCUT2D eigenvalue weighted by atomic mass is 10.1. The molecule has 23 heavy (non-hydrogen) atoms. The molecule has 0 fully saturated rings. The van der Waals surface area contributed by atoms with Gasteiger partial charge in [0.2, 0.25) is 5.91 Å². The number of benzene rings is 1. The zero-order chi connectivity index (χ0) is 16.2. The van der Waals surface area contributed by atoms with Crippen LogP contribution in [0.5, 0.6) is 0 Å². The van der Waals surface area contributed by atoms with Crippen LogP contribution in [0, 0.1) is 11.6 Å². The molecular weight excluding hydrogens is 318 g/mol. The van der Waals surface area contributed by atoms with Crippen LogP contribution in [0.2, 0.25) is 0 Å². The first-order chi connectivity index (χ1) is 11.1. The van der Waals surface area contributed by atoms with Crippen molar-refractivity contribution in [3.63, 3.8) is 0 Å². The normalized spacial score (nSPS) is 12.1. The van der Waals surface area contributed by atoms with Crippen molar-refractivity contribution >= 4 is 22.9 Å². The molecule has 1 amide bonds. The van der Waals surface area contributed by atoms with Gasteiger partial charge in [0.15, 0.2) is 0 Å². The minimum absolute atomic E-state index is 0.0196. The smallest absolute Gasteiger partial charge is 0.226 e. The van der Waals surface area contributed by atoms with Gasteiger partial charge in [-0.1, -0.05) is 6.07 Å². The van der Waals surface area contributed by atoms with E-state index in [9.17, 15) is 13.6 Å². The molecule has 3 nitrogen and oxygen atoms in total. The molecule has 0 aliphatic heterocycles. The molecule has 0 aliphatic carbocycles. The Morgan fingerprint density at radius 1 is 1.17 bits per heavy atom. The molecule has 3 aromatic rings. The van der Waals surface area contributed by atoms with Crippen molar-refractivity contribution in [2.45, 2.75) is 12.5 Å². The highest BCUT2D eigenvalue weighted by Gasteiger charge is 2.19. The molecule has 0 spiro atoms. The van der Waals surface area contributed by atoms with Crippen molar-refractivity contribution < 1.29 is 13.6 Å². The molecule has 118 valence electrons. The number of halogens is 2. The van der Waals surface area contributed by atoms with Crippen molar-refractivity contribution in [2.75, 3.05) is 5.32 Å². The maximum absolute atomic E-state index is 13.6. The number of thiophene rings is 1. The lowest BCUT2D eigenvalue weighted by Gasteiger charge is -2.17. The van der Waals surface area contributed by atoms with Gasteiger partial charge in [-0.3, -0.25) is 4.79 Å². The van der Waals surface area contributed by atoms with E-state index >= 15 is 0 Å². The first kappa shape index (κ1) is 15.4. The topological polar surface area (TPSA) is 34.0 Å². The number of aromatic nitrogens is 1. The van der Waals surface area contributed by atoms with Crippen LogP contribution >= 0.6 is 11.3 Å². The molecule has 1 N–H and O–H groups in total. The number of carbonyl (C=O) groups excluding carboxylic acids is 1. The van der Waals surface area contributed by atoms with E-state index in [-0.39, 0.29) is 24.1 Å². The summed E-state index contributed by atoms with van der Waals surface area (Å²) in [5.41, 5.74) is -0.0196. The summed E-state index contributed by atoms with van der Waals surface area (Å²) in [6.45, 7) is 0. The molecule has 6 heteroatoms. The van der Waals surface area contributed by atoms with E-state index < -0.39 is 11.6 Å². The molecule has 0 saturated heterocycles. The van der Waals surface area contributed by atoms with E-state index in [1.165, 1.54) is 6.07 Å². The van der Waals surface area contributed by atoms with Crippen molar-refractivity contribution in [1.29, 1.82) is 0 Å². The third-order valence-electron chi connectivity index (χ3n) is 3.44. The number of carbonyl (C=O) groups is 1. The lowest BCUT2D eigenvalue weighted by Crippen LogP contribution is -2.19. The molecule has 0 radical (unpaired) electrons. The van der Waals surface area contributed by atoms with Crippen LogP contribution in [-0.4, -0.2) is 10.5 Å². The fourth-order valence-electron chi connectivity index (χ4n) is 2.36. The molecule has 2 heterocycles. The van der Waals surface area contributed by atoms with Crippen molar-refractivity contribution in [3.8, 4) is 0 Å². The van der Waals surface area contributed by atoms with Crippen LogP contribution in [0.25, 0.3) is 0 Å². The predicted octanol–water partition coefficient (Wildman–Crippen LogP) is 4.45. The Balaban J connectivity index is 1.76. The summed E-state index contributed by atoms with van der Waals surface area (Å²) in [7, 11) is 0. The van der Waals surface area contributed by atoms with Crippen LogP contribution in [-0.2, 0) is 4.79 Å². The molecule has 0 saturated carbocycles. The van der Waals surface area contributed by atoms with Gasteiger partial charge in [-0.15, -0.1) is 11.3 Å². The average Bonchev–Trinajstić information content (AvgIpc) is 3.21. The number of rotatable bonds is 5. The first-order valence-corrected chi connectivity index (χ1v) is 7.92. The molecule has 0 bridgehead atoms. The highest BCUT2D eigenvalue weighted by molar-refractivity contribution is 7.10. The van der Waals surface area contributed by atoms with Crippen LogP contribution in [0.1, 0.15) is 17.3 Å². The van der Waals surface area contributed by atoms with E-state index in [4.69, 9.17) is 0 Å².